The second-order valence-corrected chi connectivity index (χ2v) is 8.61. The molecule has 0 aliphatic rings. The maximum atomic E-state index is 12.8. The van der Waals surface area contributed by atoms with Crippen molar-refractivity contribution >= 4 is 9.84 Å². The standard InChI is InChI=1S/C22H25NO4S/c1-18-11-13-20(14-12-18)28(24,25)22-21(27-17-23-22)10-6-3-7-15-26-16-19-8-4-2-5-9-19/h2,4-5,8-9,11-14,17H,3,6-7,10,15-16H2,1H3. The molecule has 6 heteroatoms. The van der Waals surface area contributed by atoms with Gasteiger partial charge in [0, 0.05) is 13.0 Å². The molecule has 1 aromatic heterocycles. The van der Waals surface area contributed by atoms with E-state index in [1.807, 2.05) is 37.3 Å². The molecule has 0 bridgehead atoms. The van der Waals surface area contributed by atoms with E-state index < -0.39 is 9.84 Å². The number of ether oxygens (including phenoxy) is 1. The Bertz CT molecular complexity index is 963. The molecule has 0 amide bonds. The summed E-state index contributed by atoms with van der Waals surface area (Å²) in [5.74, 6) is 0.422. The van der Waals surface area contributed by atoms with Gasteiger partial charge in [0.15, 0.2) is 6.39 Å². The first-order valence-corrected chi connectivity index (χ1v) is 10.9. The summed E-state index contributed by atoms with van der Waals surface area (Å²) in [5.41, 5.74) is 2.17. The zero-order chi connectivity index (χ0) is 19.8. The van der Waals surface area contributed by atoms with Gasteiger partial charge in [-0.25, -0.2) is 13.4 Å². The van der Waals surface area contributed by atoms with E-state index >= 15 is 0 Å². The molecule has 3 aromatic rings. The Labute approximate surface area is 166 Å². The fourth-order valence-corrected chi connectivity index (χ4v) is 4.25. The minimum atomic E-state index is -3.65. The van der Waals surface area contributed by atoms with Crippen molar-refractivity contribution in [3.8, 4) is 0 Å². The molecule has 0 N–H and O–H groups in total. The maximum Gasteiger partial charge on any atom is 0.227 e. The fraction of sp³-hybridized carbons (Fsp3) is 0.318. The quantitative estimate of drug-likeness (QED) is 0.460. The van der Waals surface area contributed by atoms with Crippen LogP contribution < -0.4 is 0 Å². The third-order valence-electron chi connectivity index (χ3n) is 4.49. The van der Waals surface area contributed by atoms with Crippen molar-refractivity contribution in [2.45, 2.75) is 49.1 Å². The molecule has 148 valence electrons. The molecule has 3 rings (SSSR count). The summed E-state index contributed by atoms with van der Waals surface area (Å²) in [4.78, 5) is 4.21. The van der Waals surface area contributed by atoms with Crippen molar-refractivity contribution < 1.29 is 17.6 Å². The summed E-state index contributed by atoms with van der Waals surface area (Å²) in [6.45, 7) is 3.21. The molecule has 0 saturated carbocycles. The van der Waals surface area contributed by atoms with Crippen LogP contribution in [-0.2, 0) is 27.6 Å². The van der Waals surface area contributed by atoms with Crippen LogP contribution in [0.5, 0.6) is 0 Å². The highest BCUT2D eigenvalue weighted by molar-refractivity contribution is 7.91. The second kappa shape index (κ2) is 9.66. The summed E-state index contributed by atoms with van der Waals surface area (Å²) in [7, 11) is -3.65. The van der Waals surface area contributed by atoms with Crippen LogP contribution in [0.15, 0.2) is 75.3 Å². The molecule has 0 aliphatic carbocycles. The van der Waals surface area contributed by atoms with E-state index in [2.05, 4.69) is 4.98 Å². The van der Waals surface area contributed by atoms with Crippen molar-refractivity contribution in [3.05, 3.63) is 77.9 Å². The lowest BCUT2D eigenvalue weighted by Gasteiger charge is -2.05. The number of aryl methyl sites for hydroxylation is 2. The molecule has 1 heterocycles. The van der Waals surface area contributed by atoms with Gasteiger partial charge in [0.1, 0.15) is 5.76 Å². The van der Waals surface area contributed by atoms with Gasteiger partial charge in [0.2, 0.25) is 14.9 Å². The van der Waals surface area contributed by atoms with Crippen LogP contribution in [0.1, 0.15) is 36.1 Å². The van der Waals surface area contributed by atoms with Crippen molar-refractivity contribution in [2.24, 2.45) is 0 Å². The van der Waals surface area contributed by atoms with Crippen molar-refractivity contribution in [1.82, 2.24) is 4.98 Å². The number of nitrogens with zero attached hydrogens (tertiary/aromatic N) is 1. The lowest BCUT2D eigenvalue weighted by atomic mass is 10.2. The maximum absolute atomic E-state index is 12.8. The first-order valence-electron chi connectivity index (χ1n) is 9.43. The average Bonchev–Trinajstić information content (AvgIpc) is 3.18. The number of hydrogen-bond donors (Lipinski definition) is 0. The zero-order valence-corrected chi connectivity index (χ0v) is 16.8. The highest BCUT2D eigenvalue weighted by Gasteiger charge is 2.25. The van der Waals surface area contributed by atoms with Crippen LogP contribution in [0, 0.1) is 6.92 Å². The number of aromatic nitrogens is 1. The van der Waals surface area contributed by atoms with E-state index in [4.69, 9.17) is 9.15 Å². The van der Waals surface area contributed by atoms with Gasteiger partial charge < -0.3 is 9.15 Å². The fourth-order valence-electron chi connectivity index (χ4n) is 2.91. The molecule has 5 nitrogen and oxygen atoms in total. The summed E-state index contributed by atoms with van der Waals surface area (Å²) in [5, 5.41) is 0.0247. The van der Waals surface area contributed by atoms with Crippen LogP contribution >= 0.6 is 0 Å². The summed E-state index contributed by atoms with van der Waals surface area (Å²) in [6, 6.07) is 16.8. The minimum absolute atomic E-state index is 0.0247. The van der Waals surface area contributed by atoms with Gasteiger partial charge in [0.05, 0.1) is 11.5 Å². The monoisotopic (exact) mass is 399 g/mol. The third kappa shape index (κ3) is 5.30. The molecule has 2 aromatic carbocycles. The highest BCUT2D eigenvalue weighted by atomic mass is 32.2. The number of benzene rings is 2. The van der Waals surface area contributed by atoms with Gasteiger partial charge in [-0.15, -0.1) is 0 Å². The summed E-state index contributed by atoms with van der Waals surface area (Å²) >= 11 is 0. The third-order valence-corrected chi connectivity index (χ3v) is 6.23. The van der Waals surface area contributed by atoms with Gasteiger partial charge in [0.25, 0.3) is 0 Å². The normalized spacial score (nSPS) is 11.6. The van der Waals surface area contributed by atoms with Crippen molar-refractivity contribution in [3.63, 3.8) is 0 Å². The van der Waals surface area contributed by atoms with Crippen LogP contribution in [0.3, 0.4) is 0 Å². The predicted molar refractivity (Wildman–Crippen MR) is 107 cm³/mol. The Morgan fingerprint density at radius 1 is 0.964 bits per heavy atom. The topological polar surface area (TPSA) is 69.4 Å². The van der Waals surface area contributed by atoms with Gasteiger partial charge in [-0.1, -0.05) is 54.4 Å². The van der Waals surface area contributed by atoms with Crippen LogP contribution in [0.25, 0.3) is 0 Å². The molecule has 0 unspecified atom stereocenters. The van der Waals surface area contributed by atoms with Crippen molar-refractivity contribution in [2.75, 3.05) is 6.61 Å². The van der Waals surface area contributed by atoms with Gasteiger partial charge >= 0.3 is 0 Å². The molecule has 0 radical (unpaired) electrons. The van der Waals surface area contributed by atoms with E-state index in [1.54, 1.807) is 24.3 Å². The predicted octanol–water partition coefficient (Wildman–Crippen LogP) is 4.75. The minimum Gasteiger partial charge on any atom is -0.447 e. The first kappa shape index (κ1) is 20.3. The molecule has 28 heavy (non-hydrogen) atoms. The number of oxazole rings is 1. The van der Waals surface area contributed by atoms with Crippen LogP contribution in [0.4, 0.5) is 0 Å². The largest absolute Gasteiger partial charge is 0.447 e. The SMILES string of the molecule is Cc1ccc(S(=O)(=O)c2ncoc2CCCCCOCc2ccccc2)cc1. The molecule has 0 atom stereocenters. The van der Waals surface area contributed by atoms with E-state index in [0.29, 0.717) is 25.4 Å². The smallest absolute Gasteiger partial charge is 0.227 e. The summed E-state index contributed by atoms with van der Waals surface area (Å²) in [6.07, 6.45) is 4.42. The van der Waals surface area contributed by atoms with Gasteiger partial charge in [-0.2, -0.15) is 0 Å². The second-order valence-electron chi connectivity index (χ2n) is 6.75. The molecule has 0 fully saturated rings. The van der Waals surface area contributed by atoms with Gasteiger partial charge in [-0.3, -0.25) is 0 Å². The number of unbranched alkanes of at least 4 members (excludes halogenated alkanes) is 2. The average molecular weight is 400 g/mol. The molecular weight excluding hydrogens is 374 g/mol. The highest BCUT2D eigenvalue weighted by Crippen LogP contribution is 2.24. The van der Waals surface area contributed by atoms with Crippen molar-refractivity contribution in [1.29, 1.82) is 0 Å². The lowest BCUT2D eigenvalue weighted by Crippen LogP contribution is -2.05. The Kier molecular flexibility index (Phi) is 7.01. The Hall–Kier alpha value is -2.44. The number of hydrogen-bond acceptors (Lipinski definition) is 5. The zero-order valence-electron chi connectivity index (χ0n) is 16.0. The molecular formula is C22H25NO4S. The lowest BCUT2D eigenvalue weighted by molar-refractivity contribution is 0.117. The molecule has 0 aliphatic heterocycles. The van der Waals surface area contributed by atoms with E-state index in [0.717, 1.165) is 30.4 Å². The van der Waals surface area contributed by atoms with Gasteiger partial charge in [-0.05, 0) is 37.5 Å². The Morgan fingerprint density at radius 3 is 2.46 bits per heavy atom. The van der Waals surface area contributed by atoms with E-state index in [1.165, 1.54) is 6.39 Å². The summed E-state index contributed by atoms with van der Waals surface area (Å²) < 4.78 is 36.6. The Balaban J connectivity index is 1.46. The molecule has 0 saturated heterocycles. The van der Waals surface area contributed by atoms with Crippen LogP contribution in [0.2, 0.25) is 0 Å². The first-order chi connectivity index (χ1) is 13.6. The van der Waals surface area contributed by atoms with Crippen LogP contribution in [-0.4, -0.2) is 20.0 Å². The Morgan fingerprint density at radius 2 is 1.71 bits per heavy atom. The van der Waals surface area contributed by atoms with E-state index in [-0.39, 0.29) is 9.92 Å². The van der Waals surface area contributed by atoms with E-state index in [9.17, 15) is 8.42 Å². The number of sulfone groups is 1. The molecule has 0 spiro atoms. The number of rotatable bonds is 10.